The van der Waals surface area contributed by atoms with Crippen molar-refractivity contribution in [2.45, 2.75) is 82.9 Å². The van der Waals surface area contributed by atoms with Crippen LogP contribution in [0.15, 0.2) is 6.20 Å². The molecule has 0 radical (unpaired) electrons. The Labute approximate surface area is 123 Å². The lowest BCUT2D eigenvalue weighted by molar-refractivity contribution is 0.424. The third kappa shape index (κ3) is 4.08. The first-order valence-corrected chi connectivity index (χ1v) is 8.90. The summed E-state index contributed by atoms with van der Waals surface area (Å²) >= 11 is 1.96. The Balaban J connectivity index is 2.10. The molecule has 0 aromatic carbocycles. The van der Waals surface area contributed by atoms with Gasteiger partial charge in [0.05, 0.1) is 5.01 Å². The van der Waals surface area contributed by atoms with Crippen molar-refractivity contribution in [3.63, 3.8) is 0 Å². The Hall–Kier alpha value is -0.305. The normalized spacial score (nSPS) is 21.4. The zero-order valence-corrected chi connectivity index (χ0v) is 13.7. The van der Waals surface area contributed by atoms with E-state index in [-0.39, 0.29) is 0 Å². The van der Waals surface area contributed by atoms with Crippen LogP contribution in [0.3, 0.4) is 0 Å². The van der Waals surface area contributed by atoms with Crippen LogP contribution in [0, 0.1) is 0 Å². The standard InChI is InChI=1S/C16H28BNS/c1-13(2)14-12-18-15(19-14)16(17)10-8-6-4-3-5-7-9-11-16/h12-13H,3-11,17H2,1-2H3. The summed E-state index contributed by atoms with van der Waals surface area (Å²) in [5, 5.41) is 1.74. The Morgan fingerprint density at radius 3 is 2.05 bits per heavy atom. The second kappa shape index (κ2) is 6.92. The summed E-state index contributed by atoms with van der Waals surface area (Å²) in [6.07, 6.45) is 14.7. The molecule has 1 fully saturated rings. The largest absolute Gasteiger partial charge is 0.250 e. The number of nitrogens with zero attached hydrogens (tertiary/aromatic N) is 1. The lowest BCUT2D eigenvalue weighted by atomic mass is 9.63. The van der Waals surface area contributed by atoms with Crippen molar-refractivity contribution in [2.75, 3.05) is 0 Å². The van der Waals surface area contributed by atoms with Crippen molar-refractivity contribution in [3.8, 4) is 0 Å². The molecule has 3 heteroatoms. The minimum Gasteiger partial charge on any atom is -0.250 e. The highest BCUT2D eigenvalue weighted by molar-refractivity contribution is 7.12. The summed E-state index contributed by atoms with van der Waals surface area (Å²) in [5.41, 5.74) is 0. The molecule has 1 aromatic heterocycles. The number of aromatic nitrogens is 1. The molecule has 19 heavy (non-hydrogen) atoms. The van der Waals surface area contributed by atoms with E-state index in [0.717, 1.165) is 0 Å². The predicted molar refractivity (Wildman–Crippen MR) is 88.0 cm³/mol. The van der Waals surface area contributed by atoms with Crippen molar-refractivity contribution in [1.29, 1.82) is 0 Å². The van der Waals surface area contributed by atoms with Crippen LogP contribution in [0.5, 0.6) is 0 Å². The van der Waals surface area contributed by atoms with Crippen molar-refractivity contribution >= 4 is 19.2 Å². The summed E-state index contributed by atoms with van der Waals surface area (Å²) in [6, 6.07) is 0. The monoisotopic (exact) mass is 277 g/mol. The van der Waals surface area contributed by atoms with Gasteiger partial charge < -0.3 is 0 Å². The van der Waals surface area contributed by atoms with E-state index in [4.69, 9.17) is 4.98 Å². The van der Waals surface area contributed by atoms with Gasteiger partial charge in [-0.3, -0.25) is 0 Å². The minimum atomic E-state index is 0.342. The molecule has 0 saturated heterocycles. The number of hydrogen-bond donors (Lipinski definition) is 0. The van der Waals surface area contributed by atoms with Gasteiger partial charge >= 0.3 is 0 Å². The van der Waals surface area contributed by atoms with Crippen LogP contribution in [0.4, 0.5) is 0 Å². The van der Waals surface area contributed by atoms with Gasteiger partial charge in [-0.2, -0.15) is 0 Å². The molecule has 106 valence electrons. The fraction of sp³-hybridized carbons (Fsp3) is 0.812. The maximum Gasteiger partial charge on any atom is 0.118 e. The molecule has 0 bridgehead atoms. The molecule has 0 unspecified atom stereocenters. The number of hydrogen-bond acceptors (Lipinski definition) is 2. The van der Waals surface area contributed by atoms with E-state index in [9.17, 15) is 0 Å². The van der Waals surface area contributed by atoms with Gasteiger partial charge in [0.2, 0.25) is 0 Å². The second-order valence-corrected chi connectivity index (χ2v) is 7.82. The summed E-state index contributed by atoms with van der Waals surface area (Å²) in [5.74, 6) is 0.620. The highest BCUT2D eigenvalue weighted by Crippen LogP contribution is 2.37. The predicted octanol–water partition coefficient (Wildman–Crippen LogP) is 4.62. The van der Waals surface area contributed by atoms with Gasteiger partial charge in [0.1, 0.15) is 7.85 Å². The van der Waals surface area contributed by atoms with E-state index >= 15 is 0 Å². The molecular weight excluding hydrogens is 249 g/mol. The van der Waals surface area contributed by atoms with Gasteiger partial charge in [-0.15, -0.1) is 11.3 Å². The molecule has 1 heterocycles. The highest BCUT2D eigenvalue weighted by Gasteiger charge is 2.29. The van der Waals surface area contributed by atoms with Crippen molar-refractivity contribution < 1.29 is 0 Å². The molecule has 1 saturated carbocycles. The zero-order valence-electron chi connectivity index (χ0n) is 12.9. The number of thiazole rings is 1. The first-order valence-electron chi connectivity index (χ1n) is 8.08. The van der Waals surface area contributed by atoms with Gasteiger partial charge in [0.25, 0.3) is 0 Å². The van der Waals surface area contributed by atoms with Crippen LogP contribution in [-0.4, -0.2) is 12.8 Å². The first kappa shape index (κ1) is 15.1. The van der Waals surface area contributed by atoms with Crippen molar-refractivity contribution in [2.24, 2.45) is 0 Å². The smallest absolute Gasteiger partial charge is 0.118 e. The Kier molecular flexibility index (Phi) is 5.50. The van der Waals surface area contributed by atoms with Crippen LogP contribution in [-0.2, 0) is 5.31 Å². The molecule has 0 N–H and O–H groups in total. The maximum absolute atomic E-state index is 4.78. The Morgan fingerprint density at radius 2 is 1.58 bits per heavy atom. The van der Waals surface area contributed by atoms with Crippen LogP contribution in [0.2, 0.25) is 0 Å². The minimum absolute atomic E-state index is 0.342. The van der Waals surface area contributed by atoms with Gasteiger partial charge in [-0.05, 0) is 24.1 Å². The Bertz CT molecular complexity index is 376. The average molecular weight is 277 g/mol. The van der Waals surface area contributed by atoms with E-state index in [2.05, 4.69) is 27.9 Å². The van der Waals surface area contributed by atoms with E-state index in [0.29, 0.717) is 11.2 Å². The highest BCUT2D eigenvalue weighted by atomic mass is 32.1. The van der Waals surface area contributed by atoms with Crippen LogP contribution < -0.4 is 0 Å². The van der Waals surface area contributed by atoms with Gasteiger partial charge in [0.15, 0.2) is 0 Å². The lowest BCUT2D eigenvalue weighted by Crippen LogP contribution is -2.26. The third-order valence-corrected chi connectivity index (χ3v) is 6.17. The van der Waals surface area contributed by atoms with Crippen LogP contribution >= 0.6 is 11.3 Å². The van der Waals surface area contributed by atoms with E-state index < -0.39 is 0 Å². The number of rotatable bonds is 2. The second-order valence-electron chi connectivity index (χ2n) is 6.76. The van der Waals surface area contributed by atoms with E-state index in [1.54, 1.807) is 0 Å². The van der Waals surface area contributed by atoms with Crippen LogP contribution in [0.1, 0.15) is 87.4 Å². The molecule has 1 nitrogen and oxygen atoms in total. The molecule has 0 spiro atoms. The molecule has 2 rings (SSSR count). The van der Waals surface area contributed by atoms with E-state index in [1.165, 1.54) is 67.7 Å². The Morgan fingerprint density at radius 1 is 1.05 bits per heavy atom. The zero-order chi connectivity index (χ0) is 13.7. The van der Waals surface area contributed by atoms with Gasteiger partial charge in [0, 0.05) is 11.1 Å². The molecular formula is C16H28BNS. The SMILES string of the molecule is BC1(c2ncc(C(C)C)s2)CCCCCCCCC1. The molecule has 0 atom stereocenters. The quantitative estimate of drug-likeness (QED) is 0.719. The lowest BCUT2D eigenvalue weighted by Gasteiger charge is -2.28. The topological polar surface area (TPSA) is 12.9 Å². The van der Waals surface area contributed by atoms with Crippen LogP contribution in [0.25, 0.3) is 0 Å². The molecule has 0 amide bonds. The summed E-state index contributed by atoms with van der Waals surface area (Å²) in [4.78, 5) is 6.23. The molecule has 1 aromatic rings. The van der Waals surface area contributed by atoms with E-state index in [1.807, 2.05) is 11.3 Å². The molecule has 1 aliphatic rings. The third-order valence-electron chi connectivity index (χ3n) is 4.57. The van der Waals surface area contributed by atoms with Gasteiger partial charge in [-0.25, -0.2) is 4.98 Å². The molecule has 1 aliphatic carbocycles. The van der Waals surface area contributed by atoms with Crippen molar-refractivity contribution in [1.82, 2.24) is 4.98 Å². The summed E-state index contributed by atoms with van der Waals surface area (Å²) in [6.45, 7) is 4.54. The maximum atomic E-state index is 4.78. The fourth-order valence-corrected chi connectivity index (χ4v) is 4.21. The fourth-order valence-electron chi connectivity index (χ4n) is 3.09. The average Bonchev–Trinajstić information content (AvgIpc) is 2.88. The summed E-state index contributed by atoms with van der Waals surface area (Å²) < 4.78 is 0. The van der Waals surface area contributed by atoms with Crippen molar-refractivity contribution in [3.05, 3.63) is 16.1 Å². The first-order chi connectivity index (χ1) is 9.12. The molecule has 0 aliphatic heterocycles. The summed E-state index contributed by atoms with van der Waals surface area (Å²) in [7, 11) is 2.46. The van der Waals surface area contributed by atoms with Gasteiger partial charge in [-0.1, -0.05) is 58.8 Å².